The molecule has 2 atom stereocenters. The van der Waals surface area contributed by atoms with Crippen LogP contribution in [0.1, 0.15) is 47.7 Å². The van der Waals surface area contributed by atoms with Crippen LogP contribution in [0.4, 0.5) is 24.5 Å². The third-order valence-electron chi connectivity index (χ3n) is 7.42. The predicted octanol–water partition coefficient (Wildman–Crippen LogP) is 6.29. The Hall–Kier alpha value is -3.42. The number of nitrogens with zero attached hydrogens (tertiary/aromatic N) is 2. The van der Waals surface area contributed by atoms with Gasteiger partial charge in [-0.3, -0.25) is 9.78 Å². The minimum atomic E-state index is -4.47. The van der Waals surface area contributed by atoms with E-state index in [9.17, 15) is 18.0 Å². The normalized spacial score (nSPS) is 20.7. The summed E-state index contributed by atoms with van der Waals surface area (Å²) in [5.74, 6) is -0.0421. The SMILES string of the molecule is COC(=O)CC1C[CH]C2(Cc3ccccc3C2)CC1c1ccc(Nc2ccc(C(F)(F)F)nc2)cn1. The Labute approximate surface area is 208 Å². The molecule has 5 nitrogen and oxygen atoms in total. The first-order valence-corrected chi connectivity index (χ1v) is 12.0. The van der Waals surface area contributed by atoms with Crippen LogP contribution in [0.15, 0.2) is 60.9 Å². The van der Waals surface area contributed by atoms with Crippen molar-refractivity contribution in [3.8, 4) is 0 Å². The maximum absolute atomic E-state index is 12.8. The first kappa shape index (κ1) is 24.3. The van der Waals surface area contributed by atoms with Gasteiger partial charge < -0.3 is 10.1 Å². The van der Waals surface area contributed by atoms with Gasteiger partial charge in [-0.25, -0.2) is 4.98 Å². The van der Waals surface area contributed by atoms with Gasteiger partial charge in [0.15, 0.2) is 0 Å². The molecule has 187 valence electrons. The molecule has 1 radical (unpaired) electrons. The van der Waals surface area contributed by atoms with Crippen molar-refractivity contribution >= 4 is 17.3 Å². The maximum Gasteiger partial charge on any atom is 0.433 e. The van der Waals surface area contributed by atoms with Gasteiger partial charge in [0, 0.05) is 18.0 Å². The zero-order valence-corrected chi connectivity index (χ0v) is 19.9. The van der Waals surface area contributed by atoms with E-state index in [1.165, 1.54) is 24.3 Å². The summed E-state index contributed by atoms with van der Waals surface area (Å²) in [7, 11) is 1.41. The predicted molar refractivity (Wildman–Crippen MR) is 129 cm³/mol. The molecule has 2 heterocycles. The number of rotatable bonds is 5. The molecule has 1 spiro atoms. The Bertz CT molecular complexity index is 1200. The van der Waals surface area contributed by atoms with E-state index in [0.717, 1.165) is 43.6 Å². The van der Waals surface area contributed by atoms with Gasteiger partial charge in [0.2, 0.25) is 0 Å². The van der Waals surface area contributed by atoms with Crippen LogP contribution < -0.4 is 5.32 Å². The molecular weight excluding hydrogens is 467 g/mol. The standard InChI is InChI=1S/C28H27F3N3O2/c1-36-26(35)12-18-10-11-27(13-19-4-2-3-5-20(19)14-27)15-23(18)24-8-6-21(16-32-24)34-22-7-9-25(33-17-22)28(29,30)31/h2-9,11,16-18,23,34H,10,12-15H2,1H3. The van der Waals surface area contributed by atoms with Crippen LogP contribution in [0.25, 0.3) is 0 Å². The van der Waals surface area contributed by atoms with Crippen LogP contribution in [0.3, 0.4) is 0 Å². The lowest BCUT2D eigenvalue weighted by atomic mass is 9.62. The molecule has 1 N–H and O–H groups in total. The number of aromatic nitrogens is 2. The van der Waals surface area contributed by atoms with E-state index in [0.29, 0.717) is 17.8 Å². The summed E-state index contributed by atoms with van der Waals surface area (Å²) >= 11 is 0. The number of alkyl halides is 3. The second-order valence-corrected chi connectivity index (χ2v) is 9.80. The third kappa shape index (κ3) is 5.08. The number of carbonyl (C=O) groups excluding carboxylic acids is 1. The van der Waals surface area contributed by atoms with Gasteiger partial charge in [-0.1, -0.05) is 24.3 Å². The fourth-order valence-electron chi connectivity index (χ4n) is 5.64. The van der Waals surface area contributed by atoms with Crippen molar-refractivity contribution in [2.75, 3.05) is 12.4 Å². The molecule has 3 aromatic rings. The average Bonchev–Trinajstić information content (AvgIpc) is 3.23. The highest BCUT2D eigenvalue weighted by molar-refractivity contribution is 5.69. The smallest absolute Gasteiger partial charge is 0.433 e. The Morgan fingerprint density at radius 2 is 1.69 bits per heavy atom. The van der Waals surface area contributed by atoms with Crippen molar-refractivity contribution in [2.45, 2.75) is 44.2 Å². The Morgan fingerprint density at radius 3 is 2.25 bits per heavy atom. The van der Waals surface area contributed by atoms with E-state index in [1.807, 2.05) is 12.1 Å². The van der Waals surface area contributed by atoms with E-state index >= 15 is 0 Å². The van der Waals surface area contributed by atoms with Crippen molar-refractivity contribution in [3.63, 3.8) is 0 Å². The minimum absolute atomic E-state index is 0.0471. The number of ether oxygens (including phenoxy) is 1. The van der Waals surface area contributed by atoms with Crippen molar-refractivity contribution in [1.29, 1.82) is 0 Å². The number of hydrogen-bond acceptors (Lipinski definition) is 5. The number of nitrogens with one attached hydrogen (secondary N) is 1. The summed E-state index contributed by atoms with van der Waals surface area (Å²) in [6.07, 6.45) is 4.79. The minimum Gasteiger partial charge on any atom is -0.469 e. The maximum atomic E-state index is 12.8. The Kier molecular flexibility index (Phi) is 6.45. The molecule has 0 saturated heterocycles. The number of halogens is 3. The molecule has 1 fully saturated rings. The molecule has 0 bridgehead atoms. The zero-order chi connectivity index (χ0) is 25.3. The molecular formula is C28H27F3N3O2. The van der Waals surface area contributed by atoms with Crippen LogP contribution in [0.2, 0.25) is 0 Å². The molecule has 0 amide bonds. The molecule has 1 aromatic carbocycles. The summed E-state index contributed by atoms with van der Waals surface area (Å²) in [6, 6.07) is 14.6. The lowest BCUT2D eigenvalue weighted by Gasteiger charge is -2.42. The van der Waals surface area contributed by atoms with E-state index in [2.05, 4.69) is 41.0 Å². The molecule has 5 rings (SSSR count). The quantitative estimate of drug-likeness (QED) is 0.423. The van der Waals surface area contributed by atoms with Gasteiger partial charge in [0.1, 0.15) is 5.69 Å². The van der Waals surface area contributed by atoms with Crippen LogP contribution in [-0.4, -0.2) is 23.0 Å². The number of anilines is 2. The second kappa shape index (κ2) is 9.56. The number of carbonyl (C=O) groups is 1. The fourth-order valence-corrected chi connectivity index (χ4v) is 5.64. The zero-order valence-electron chi connectivity index (χ0n) is 19.9. The average molecular weight is 495 g/mol. The van der Waals surface area contributed by atoms with Crippen LogP contribution in [0.5, 0.6) is 0 Å². The first-order chi connectivity index (χ1) is 17.2. The number of esters is 1. The number of benzene rings is 1. The molecule has 0 aliphatic heterocycles. The van der Waals surface area contributed by atoms with Gasteiger partial charge in [-0.15, -0.1) is 0 Å². The van der Waals surface area contributed by atoms with Crippen molar-refractivity contribution in [2.24, 2.45) is 11.3 Å². The van der Waals surface area contributed by atoms with Gasteiger partial charge in [0.05, 0.1) is 30.9 Å². The summed E-state index contributed by atoms with van der Waals surface area (Å²) < 4.78 is 43.3. The van der Waals surface area contributed by atoms with Gasteiger partial charge >= 0.3 is 12.1 Å². The van der Waals surface area contributed by atoms with E-state index < -0.39 is 11.9 Å². The molecule has 2 aliphatic rings. The van der Waals surface area contributed by atoms with Gasteiger partial charge in [-0.2, -0.15) is 13.2 Å². The summed E-state index contributed by atoms with van der Waals surface area (Å²) in [4.78, 5) is 20.3. The number of fused-ring (bicyclic) bond motifs is 1. The number of pyridine rings is 2. The largest absolute Gasteiger partial charge is 0.469 e. The molecule has 1 saturated carbocycles. The molecule has 36 heavy (non-hydrogen) atoms. The fraction of sp³-hybridized carbons (Fsp3) is 0.357. The molecule has 8 heteroatoms. The van der Waals surface area contributed by atoms with E-state index in [4.69, 9.17) is 9.72 Å². The summed E-state index contributed by atoms with van der Waals surface area (Å²) in [5.41, 5.74) is 3.88. The van der Waals surface area contributed by atoms with Crippen LogP contribution in [0, 0.1) is 17.8 Å². The topological polar surface area (TPSA) is 64.1 Å². The molecule has 2 aromatic heterocycles. The van der Waals surface area contributed by atoms with Crippen molar-refractivity contribution < 1.29 is 22.7 Å². The summed E-state index contributed by atoms with van der Waals surface area (Å²) in [6.45, 7) is 0. The van der Waals surface area contributed by atoms with Crippen molar-refractivity contribution in [1.82, 2.24) is 9.97 Å². The van der Waals surface area contributed by atoms with Crippen LogP contribution >= 0.6 is 0 Å². The summed E-state index contributed by atoms with van der Waals surface area (Å²) in [5, 5.41) is 3.05. The lowest BCUT2D eigenvalue weighted by molar-refractivity contribution is -0.142. The number of methoxy groups -OCH3 is 1. The van der Waals surface area contributed by atoms with E-state index in [1.54, 1.807) is 6.20 Å². The monoisotopic (exact) mass is 494 g/mol. The number of hydrogen-bond donors (Lipinski definition) is 1. The van der Waals surface area contributed by atoms with E-state index in [-0.39, 0.29) is 23.2 Å². The highest BCUT2D eigenvalue weighted by Crippen LogP contribution is 2.53. The second-order valence-electron chi connectivity index (χ2n) is 9.80. The highest BCUT2D eigenvalue weighted by atomic mass is 19.4. The van der Waals surface area contributed by atoms with Gasteiger partial charge in [0.25, 0.3) is 0 Å². The molecule has 2 unspecified atom stereocenters. The third-order valence-corrected chi connectivity index (χ3v) is 7.42. The first-order valence-electron chi connectivity index (χ1n) is 12.0. The lowest BCUT2D eigenvalue weighted by Crippen LogP contribution is -2.35. The van der Waals surface area contributed by atoms with Crippen LogP contribution in [-0.2, 0) is 28.5 Å². The molecule has 2 aliphatic carbocycles. The van der Waals surface area contributed by atoms with Gasteiger partial charge in [-0.05, 0) is 78.8 Å². The van der Waals surface area contributed by atoms with Crippen molar-refractivity contribution in [3.05, 3.63) is 89.9 Å². The Morgan fingerprint density at radius 1 is 1.03 bits per heavy atom. The highest BCUT2D eigenvalue weighted by Gasteiger charge is 2.45. The Balaban J connectivity index is 1.34.